The fraction of sp³-hybridized carbons (Fsp3) is 0.409. The van der Waals surface area contributed by atoms with Gasteiger partial charge < -0.3 is 10.1 Å². The summed E-state index contributed by atoms with van der Waals surface area (Å²) in [5.41, 5.74) is 1.84. The maximum absolute atomic E-state index is 13.2. The van der Waals surface area contributed by atoms with E-state index in [-0.39, 0.29) is 22.9 Å². The number of carbonyl (C=O) groups is 1. The van der Waals surface area contributed by atoms with Crippen molar-refractivity contribution in [1.29, 1.82) is 0 Å². The molecular weight excluding hydrogens is 407 g/mol. The molecular formula is C22H27FN2O4S. The lowest BCUT2D eigenvalue weighted by Gasteiger charge is -2.24. The van der Waals surface area contributed by atoms with Gasteiger partial charge in [0.25, 0.3) is 15.9 Å². The summed E-state index contributed by atoms with van der Waals surface area (Å²) in [4.78, 5) is 12.5. The normalized spacial score (nSPS) is 16.0. The summed E-state index contributed by atoms with van der Waals surface area (Å²) in [5.74, 6) is -0.690. The van der Waals surface area contributed by atoms with Crippen LogP contribution in [0.25, 0.3) is 0 Å². The topological polar surface area (TPSA) is 75.7 Å². The Morgan fingerprint density at radius 3 is 2.60 bits per heavy atom. The van der Waals surface area contributed by atoms with Crippen LogP contribution in [0.2, 0.25) is 0 Å². The summed E-state index contributed by atoms with van der Waals surface area (Å²) in [6.45, 7) is 6.82. The summed E-state index contributed by atoms with van der Waals surface area (Å²) in [6, 6.07) is 9.52. The molecule has 0 unspecified atom stereocenters. The number of fused-ring (bicyclic) bond motifs is 1. The van der Waals surface area contributed by atoms with Crippen molar-refractivity contribution in [2.45, 2.75) is 50.7 Å². The number of nitrogens with one attached hydrogen (secondary N) is 1. The molecule has 1 heterocycles. The largest absolute Gasteiger partial charge is 0.379 e. The molecule has 0 radical (unpaired) electrons. The molecule has 2 aromatic carbocycles. The van der Waals surface area contributed by atoms with Crippen LogP contribution in [0.4, 0.5) is 10.1 Å². The first-order valence-corrected chi connectivity index (χ1v) is 11.5. The number of carbonyl (C=O) groups excluding carboxylic acids is 1. The van der Waals surface area contributed by atoms with E-state index in [2.05, 4.69) is 5.32 Å². The number of nitrogens with zero attached hydrogens (tertiary/aromatic N) is 1. The first-order valence-electron chi connectivity index (χ1n) is 10.0. The lowest BCUT2D eigenvalue weighted by atomic mass is 10.1. The highest BCUT2D eigenvalue weighted by Gasteiger charge is 2.36. The molecule has 1 aliphatic heterocycles. The van der Waals surface area contributed by atoms with Gasteiger partial charge in [-0.1, -0.05) is 0 Å². The number of sulfonamides is 1. The second-order valence-electron chi connectivity index (χ2n) is 7.68. The van der Waals surface area contributed by atoms with Crippen LogP contribution in [-0.4, -0.2) is 39.6 Å². The second kappa shape index (κ2) is 9.14. The van der Waals surface area contributed by atoms with Crippen LogP contribution in [0.15, 0.2) is 47.4 Å². The van der Waals surface area contributed by atoms with E-state index >= 15 is 0 Å². The first-order chi connectivity index (χ1) is 14.2. The van der Waals surface area contributed by atoms with E-state index in [9.17, 15) is 17.6 Å². The molecule has 6 nitrogen and oxygen atoms in total. The molecule has 1 atom stereocenters. The minimum Gasteiger partial charge on any atom is -0.379 e. The Morgan fingerprint density at radius 1 is 1.23 bits per heavy atom. The third-order valence-corrected chi connectivity index (χ3v) is 6.87. The zero-order valence-electron chi connectivity index (χ0n) is 17.4. The van der Waals surface area contributed by atoms with Gasteiger partial charge in [-0.15, -0.1) is 0 Å². The number of halogens is 1. The van der Waals surface area contributed by atoms with Gasteiger partial charge in [-0.3, -0.25) is 9.10 Å². The molecule has 30 heavy (non-hydrogen) atoms. The van der Waals surface area contributed by atoms with Gasteiger partial charge in [-0.05, 0) is 81.6 Å². The number of anilines is 1. The van der Waals surface area contributed by atoms with Crippen molar-refractivity contribution in [1.82, 2.24) is 5.32 Å². The highest BCUT2D eigenvalue weighted by Crippen LogP contribution is 2.37. The van der Waals surface area contributed by atoms with Crippen molar-refractivity contribution in [3.8, 4) is 0 Å². The van der Waals surface area contributed by atoms with Crippen LogP contribution in [0, 0.1) is 5.82 Å². The molecule has 0 bridgehead atoms. The van der Waals surface area contributed by atoms with Gasteiger partial charge in [0.15, 0.2) is 0 Å². The molecule has 0 aliphatic carbocycles. The smallest absolute Gasteiger partial charge is 0.264 e. The molecule has 0 saturated carbocycles. The van der Waals surface area contributed by atoms with Crippen molar-refractivity contribution in [2.24, 2.45) is 0 Å². The number of rotatable bonds is 8. The Hall–Kier alpha value is -2.45. The Labute approximate surface area is 177 Å². The van der Waals surface area contributed by atoms with E-state index < -0.39 is 15.8 Å². The molecule has 0 fully saturated rings. The van der Waals surface area contributed by atoms with Crippen molar-refractivity contribution in [2.75, 3.05) is 17.5 Å². The zero-order chi connectivity index (χ0) is 21.9. The average molecular weight is 435 g/mol. The van der Waals surface area contributed by atoms with Crippen LogP contribution in [0.1, 0.15) is 43.1 Å². The first kappa shape index (κ1) is 22.2. The molecule has 0 saturated heterocycles. The van der Waals surface area contributed by atoms with Crippen LogP contribution in [-0.2, 0) is 21.2 Å². The van der Waals surface area contributed by atoms with Crippen molar-refractivity contribution in [3.63, 3.8) is 0 Å². The fourth-order valence-electron chi connectivity index (χ4n) is 3.53. The lowest BCUT2D eigenvalue weighted by molar-refractivity contribution is 0.0757. The molecule has 1 amide bonds. The highest BCUT2D eigenvalue weighted by molar-refractivity contribution is 7.92. The third-order valence-electron chi connectivity index (χ3n) is 4.92. The van der Waals surface area contributed by atoms with Gasteiger partial charge in [0.2, 0.25) is 0 Å². The fourth-order valence-corrected chi connectivity index (χ4v) is 5.22. The second-order valence-corrected chi connectivity index (χ2v) is 9.50. The molecule has 162 valence electrons. The Kier molecular flexibility index (Phi) is 6.77. The summed E-state index contributed by atoms with van der Waals surface area (Å²) in [6.07, 6.45) is 1.38. The Bertz CT molecular complexity index is 1010. The van der Waals surface area contributed by atoms with Crippen molar-refractivity contribution in [3.05, 3.63) is 59.4 Å². The summed E-state index contributed by atoms with van der Waals surface area (Å²) >= 11 is 0. The van der Waals surface area contributed by atoms with E-state index in [4.69, 9.17) is 4.74 Å². The van der Waals surface area contributed by atoms with E-state index in [1.165, 1.54) is 16.4 Å². The molecule has 1 aliphatic rings. The lowest BCUT2D eigenvalue weighted by Crippen LogP contribution is -2.35. The van der Waals surface area contributed by atoms with E-state index in [1.807, 2.05) is 20.8 Å². The number of hydrogen-bond acceptors (Lipinski definition) is 4. The molecule has 0 aromatic heterocycles. The highest BCUT2D eigenvalue weighted by atomic mass is 32.2. The van der Waals surface area contributed by atoms with Gasteiger partial charge in [0, 0.05) is 24.8 Å². The quantitative estimate of drug-likeness (QED) is 0.645. The number of benzene rings is 2. The van der Waals surface area contributed by atoms with Crippen LogP contribution < -0.4 is 9.62 Å². The van der Waals surface area contributed by atoms with Gasteiger partial charge >= 0.3 is 0 Å². The van der Waals surface area contributed by atoms with Gasteiger partial charge in [-0.2, -0.15) is 0 Å². The molecule has 0 spiro atoms. The minimum atomic E-state index is -3.83. The molecule has 8 heteroatoms. The molecule has 2 aromatic rings. The third kappa shape index (κ3) is 4.82. The summed E-state index contributed by atoms with van der Waals surface area (Å²) in [7, 11) is -3.83. The van der Waals surface area contributed by atoms with Gasteiger partial charge in [-0.25, -0.2) is 12.8 Å². The maximum Gasteiger partial charge on any atom is 0.264 e. The number of ether oxygens (including phenoxy) is 1. The number of hydrogen-bond donors (Lipinski definition) is 1. The Morgan fingerprint density at radius 2 is 1.93 bits per heavy atom. The predicted octanol–water partition coefficient (Wildman–Crippen LogP) is 3.51. The van der Waals surface area contributed by atoms with Crippen LogP contribution in [0.5, 0.6) is 0 Å². The van der Waals surface area contributed by atoms with E-state index in [1.54, 1.807) is 18.2 Å². The number of amides is 1. The zero-order valence-corrected chi connectivity index (χ0v) is 18.2. The minimum absolute atomic E-state index is 0.0361. The van der Waals surface area contributed by atoms with Crippen LogP contribution >= 0.6 is 0 Å². The summed E-state index contributed by atoms with van der Waals surface area (Å²) < 4.78 is 46.2. The summed E-state index contributed by atoms with van der Waals surface area (Å²) in [5, 5.41) is 2.86. The average Bonchev–Trinajstić information content (AvgIpc) is 3.03. The predicted molar refractivity (Wildman–Crippen MR) is 114 cm³/mol. The van der Waals surface area contributed by atoms with E-state index in [0.29, 0.717) is 30.8 Å². The standard InChI is InChI=1S/C22H27FN2O4S/c1-15(2)29-12-4-11-24-22(26)17-5-10-21-18(14-17)13-16(3)25(21)30(27,28)20-8-6-19(23)7-9-20/h5-10,14-16H,4,11-13H2,1-3H3,(H,24,26)/t16-/m1/s1. The van der Waals surface area contributed by atoms with Gasteiger partial charge in [0.1, 0.15) is 5.82 Å². The van der Waals surface area contributed by atoms with Crippen LogP contribution in [0.3, 0.4) is 0 Å². The van der Waals surface area contributed by atoms with Crippen molar-refractivity contribution < 1.29 is 22.3 Å². The molecule has 3 rings (SSSR count). The van der Waals surface area contributed by atoms with Crippen molar-refractivity contribution >= 4 is 21.6 Å². The van der Waals surface area contributed by atoms with E-state index in [0.717, 1.165) is 24.1 Å². The monoisotopic (exact) mass is 434 g/mol. The Balaban J connectivity index is 1.74. The molecule has 1 N–H and O–H groups in total. The maximum atomic E-state index is 13.2. The SMILES string of the molecule is CC(C)OCCCNC(=O)c1ccc2c(c1)C[C@@H](C)N2S(=O)(=O)c1ccc(F)cc1. The van der Waals surface area contributed by atoms with Gasteiger partial charge in [0.05, 0.1) is 16.7 Å².